The van der Waals surface area contributed by atoms with Crippen molar-refractivity contribution in [3.63, 3.8) is 0 Å². The second kappa shape index (κ2) is 9.30. The molecule has 0 aromatic heterocycles. The summed E-state index contributed by atoms with van der Waals surface area (Å²) in [6, 6.07) is 13.1. The fourth-order valence-electron chi connectivity index (χ4n) is 2.40. The minimum atomic E-state index is -0.407. The molecular weight excluding hydrogens is 326 g/mol. The number of hydrogen-bond acceptors (Lipinski definition) is 4. The Balaban J connectivity index is 0.00000288. The Morgan fingerprint density at radius 1 is 1.12 bits per heavy atom. The topological polar surface area (TPSA) is 61.5 Å². The quantitative estimate of drug-likeness (QED) is 0.781. The summed E-state index contributed by atoms with van der Waals surface area (Å²) >= 11 is 0. The van der Waals surface area contributed by atoms with Crippen molar-refractivity contribution in [1.29, 1.82) is 0 Å². The largest absolute Gasteiger partial charge is 0.466 e. The average molecular weight is 350 g/mol. The molecule has 24 heavy (non-hydrogen) atoms. The molecule has 0 heterocycles. The van der Waals surface area contributed by atoms with Crippen molar-refractivity contribution >= 4 is 18.4 Å². The highest BCUT2D eigenvalue weighted by molar-refractivity contribution is 5.85. The lowest BCUT2D eigenvalue weighted by Gasteiger charge is -2.15. The van der Waals surface area contributed by atoms with Crippen molar-refractivity contribution in [2.24, 2.45) is 5.73 Å². The first-order chi connectivity index (χ1) is 11.0. The smallest absolute Gasteiger partial charge is 0.307 e. The zero-order chi connectivity index (χ0) is 16.8. The maximum Gasteiger partial charge on any atom is 0.307 e. The monoisotopic (exact) mass is 349 g/mol. The third-order valence-corrected chi connectivity index (χ3v) is 3.61. The fraction of sp³-hybridized carbons (Fsp3) is 0.316. The first kappa shape index (κ1) is 20.0. The Morgan fingerprint density at radius 3 is 2.38 bits per heavy atom. The maximum atomic E-state index is 11.6. The van der Waals surface area contributed by atoms with Crippen LogP contribution in [0.15, 0.2) is 42.5 Å². The standard InChI is InChI=1S/C19H23NO3.ClH/c1-4-22-18(21)12-17(20)15-9-6-10-16(11-15)23-19-13(2)7-5-8-14(19)3;/h5-11,17H,4,12,20H2,1-3H3;1H/t17-;/m0./s1. The fourth-order valence-corrected chi connectivity index (χ4v) is 2.40. The van der Waals surface area contributed by atoms with Crippen molar-refractivity contribution in [3.8, 4) is 11.5 Å². The Bertz CT molecular complexity index is 668. The Hall–Kier alpha value is -2.04. The molecule has 0 radical (unpaired) electrons. The van der Waals surface area contributed by atoms with Crippen LogP contribution in [0.25, 0.3) is 0 Å². The number of benzene rings is 2. The van der Waals surface area contributed by atoms with E-state index in [1.54, 1.807) is 6.92 Å². The molecule has 0 aliphatic rings. The highest BCUT2D eigenvalue weighted by Gasteiger charge is 2.13. The summed E-state index contributed by atoms with van der Waals surface area (Å²) < 4.78 is 11.0. The molecule has 0 saturated heterocycles. The average Bonchev–Trinajstić information content (AvgIpc) is 2.51. The number of para-hydroxylation sites is 1. The van der Waals surface area contributed by atoms with E-state index in [4.69, 9.17) is 15.2 Å². The maximum absolute atomic E-state index is 11.6. The number of nitrogens with two attached hydrogens (primary N) is 1. The molecule has 0 saturated carbocycles. The van der Waals surface area contributed by atoms with Gasteiger partial charge in [0.05, 0.1) is 13.0 Å². The molecule has 0 aliphatic carbocycles. The predicted molar refractivity (Wildman–Crippen MR) is 97.9 cm³/mol. The van der Waals surface area contributed by atoms with E-state index in [2.05, 4.69) is 0 Å². The van der Waals surface area contributed by atoms with Gasteiger partial charge < -0.3 is 15.2 Å². The van der Waals surface area contributed by atoms with Crippen LogP contribution >= 0.6 is 12.4 Å². The highest BCUT2D eigenvalue weighted by atomic mass is 35.5. The SMILES string of the molecule is CCOC(=O)C[C@H](N)c1cccc(Oc2c(C)cccc2C)c1.Cl. The Morgan fingerprint density at radius 2 is 1.75 bits per heavy atom. The molecule has 0 spiro atoms. The zero-order valence-electron chi connectivity index (χ0n) is 14.2. The van der Waals surface area contributed by atoms with Crippen molar-refractivity contribution < 1.29 is 14.3 Å². The van der Waals surface area contributed by atoms with Gasteiger partial charge in [0.25, 0.3) is 0 Å². The van der Waals surface area contributed by atoms with Crippen LogP contribution in [0.2, 0.25) is 0 Å². The summed E-state index contributed by atoms with van der Waals surface area (Å²) in [4.78, 5) is 11.6. The number of carbonyl (C=O) groups is 1. The molecule has 2 rings (SSSR count). The molecule has 2 N–H and O–H groups in total. The molecule has 0 unspecified atom stereocenters. The molecule has 130 valence electrons. The summed E-state index contributed by atoms with van der Waals surface area (Å²) in [6.07, 6.45) is 0.153. The number of carbonyl (C=O) groups excluding carboxylic acids is 1. The first-order valence-electron chi connectivity index (χ1n) is 7.76. The van der Waals surface area contributed by atoms with Gasteiger partial charge in [0.15, 0.2) is 0 Å². The molecular formula is C19H24ClNO3. The zero-order valence-corrected chi connectivity index (χ0v) is 15.1. The summed E-state index contributed by atoms with van der Waals surface area (Å²) in [5.74, 6) is 1.27. The van der Waals surface area contributed by atoms with Gasteiger partial charge in [0, 0.05) is 6.04 Å². The highest BCUT2D eigenvalue weighted by Crippen LogP contribution is 2.30. The molecule has 4 nitrogen and oxygen atoms in total. The summed E-state index contributed by atoms with van der Waals surface area (Å²) in [7, 11) is 0. The first-order valence-corrected chi connectivity index (χ1v) is 7.76. The van der Waals surface area contributed by atoms with Gasteiger partial charge in [-0.3, -0.25) is 4.79 Å². The van der Waals surface area contributed by atoms with E-state index in [1.807, 2.05) is 56.3 Å². The Labute approximate surface area is 149 Å². The van der Waals surface area contributed by atoms with Gasteiger partial charge in [-0.1, -0.05) is 30.3 Å². The van der Waals surface area contributed by atoms with E-state index in [0.29, 0.717) is 12.4 Å². The molecule has 1 atom stereocenters. The number of halogens is 1. The van der Waals surface area contributed by atoms with Gasteiger partial charge >= 0.3 is 5.97 Å². The van der Waals surface area contributed by atoms with E-state index in [9.17, 15) is 4.79 Å². The summed E-state index contributed by atoms with van der Waals surface area (Å²) in [6.45, 7) is 6.17. The second-order valence-electron chi connectivity index (χ2n) is 5.51. The van der Waals surface area contributed by atoms with E-state index >= 15 is 0 Å². The van der Waals surface area contributed by atoms with Gasteiger partial charge in [0.2, 0.25) is 0 Å². The third kappa shape index (κ3) is 5.25. The van der Waals surface area contributed by atoms with E-state index in [-0.39, 0.29) is 24.8 Å². The summed E-state index contributed by atoms with van der Waals surface area (Å²) in [5.41, 5.74) is 9.09. The number of rotatable bonds is 6. The van der Waals surface area contributed by atoms with E-state index < -0.39 is 6.04 Å². The predicted octanol–water partition coefficient (Wildman–Crippen LogP) is 4.47. The summed E-state index contributed by atoms with van der Waals surface area (Å²) in [5, 5.41) is 0. The second-order valence-corrected chi connectivity index (χ2v) is 5.51. The molecule has 5 heteroatoms. The minimum Gasteiger partial charge on any atom is -0.466 e. The van der Waals surface area contributed by atoms with E-state index in [1.165, 1.54) is 0 Å². The van der Waals surface area contributed by atoms with Crippen LogP contribution in [0.4, 0.5) is 0 Å². The Kier molecular flexibility index (Phi) is 7.75. The van der Waals surface area contributed by atoms with Crippen LogP contribution in [0.5, 0.6) is 11.5 Å². The lowest BCUT2D eigenvalue weighted by atomic mass is 10.0. The van der Waals surface area contributed by atoms with Crippen LogP contribution in [0.3, 0.4) is 0 Å². The van der Waals surface area contributed by atoms with Crippen molar-refractivity contribution in [3.05, 3.63) is 59.2 Å². The lowest BCUT2D eigenvalue weighted by Crippen LogP contribution is -2.17. The molecule has 0 fully saturated rings. The number of esters is 1. The van der Waals surface area contributed by atoms with Gasteiger partial charge in [-0.15, -0.1) is 12.4 Å². The molecule has 0 bridgehead atoms. The molecule has 2 aromatic rings. The van der Waals surface area contributed by atoms with Gasteiger partial charge in [0.1, 0.15) is 11.5 Å². The van der Waals surface area contributed by atoms with Crippen molar-refractivity contribution in [2.75, 3.05) is 6.61 Å². The lowest BCUT2D eigenvalue weighted by molar-refractivity contribution is -0.143. The molecule has 0 amide bonds. The van der Waals surface area contributed by atoms with Crippen LogP contribution in [0.1, 0.15) is 36.1 Å². The van der Waals surface area contributed by atoms with Crippen LogP contribution in [0, 0.1) is 13.8 Å². The third-order valence-electron chi connectivity index (χ3n) is 3.61. The van der Waals surface area contributed by atoms with Crippen LogP contribution in [-0.4, -0.2) is 12.6 Å². The normalized spacial score (nSPS) is 11.3. The number of aryl methyl sites for hydroxylation is 2. The minimum absolute atomic E-state index is 0. The van der Waals surface area contributed by atoms with Crippen molar-refractivity contribution in [2.45, 2.75) is 33.2 Å². The van der Waals surface area contributed by atoms with Crippen LogP contribution in [-0.2, 0) is 9.53 Å². The van der Waals surface area contributed by atoms with Gasteiger partial charge in [-0.2, -0.15) is 0 Å². The van der Waals surface area contributed by atoms with Gasteiger partial charge in [-0.25, -0.2) is 0 Å². The van der Waals surface area contributed by atoms with Crippen molar-refractivity contribution in [1.82, 2.24) is 0 Å². The number of ether oxygens (including phenoxy) is 2. The molecule has 0 aliphatic heterocycles. The van der Waals surface area contributed by atoms with Crippen LogP contribution < -0.4 is 10.5 Å². The molecule has 2 aromatic carbocycles. The number of hydrogen-bond donors (Lipinski definition) is 1. The van der Waals surface area contributed by atoms with E-state index in [0.717, 1.165) is 22.4 Å². The van der Waals surface area contributed by atoms with Gasteiger partial charge in [-0.05, 0) is 49.6 Å².